The number of nitrogens with one attached hydrogen (secondary N) is 1. The van der Waals surface area contributed by atoms with Crippen LogP contribution in [0, 0.1) is 6.92 Å². The Balaban J connectivity index is 1.84. The second-order valence-corrected chi connectivity index (χ2v) is 6.16. The fraction of sp³-hybridized carbons (Fsp3) is 0.375. The Morgan fingerprint density at radius 1 is 1.30 bits per heavy atom. The Bertz CT molecular complexity index is 572. The highest BCUT2D eigenvalue weighted by atomic mass is 32.1. The predicted molar refractivity (Wildman–Crippen MR) is 82.9 cm³/mol. The van der Waals surface area contributed by atoms with Gasteiger partial charge in [0, 0.05) is 17.8 Å². The molecule has 1 aromatic heterocycles. The van der Waals surface area contributed by atoms with Crippen molar-refractivity contribution in [1.29, 1.82) is 0 Å². The molecule has 0 aliphatic carbocycles. The largest absolute Gasteiger partial charge is 0.352 e. The summed E-state index contributed by atoms with van der Waals surface area (Å²) in [5, 5.41) is 5.99. The summed E-state index contributed by atoms with van der Waals surface area (Å²) in [4.78, 5) is 16.4. The standard InChI is InChI=1S/C16H20N2OS/c1-11(2)16-18-14(10-20-16)8-15(19)17-9-13-6-4-12(3)5-7-13/h4-7,10-11H,8-9H2,1-3H3,(H,17,19). The predicted octanol–water partition coefficient (Wildman–Crippen LogP) is 3.43. The van der Waals surface area contributed by atoms with Crippen LogP contribution in [0.4, 0.5) is 0 Å². The lowest BCUT2D eigenvalue weighted by atomic mass is 10.1. The van der Waals surface area contributed by atoms with Gasteiger partial charge in [0.25, 0.3) is 0 Å². The van der Waals surface area contributed by atoms with Crippen molar-refractivity contribution in [1.82, 2.24) is 10.3 Å². The topological polar surface area (TPSA) is 42.0 Å². The molecule has 1 aromatic carbocycles. The first-order valence-corrected chi connectivity index (χ1v) is 7.69. The van der Waals surface area contributed by atoms with Crippen molar-refractivity contribution in [3.63, 3.8) is 0 Å². The highest BCUT2D eigenvalue weighted by Gasteiger charge is 2.09. The molecule has 20 heavy (non-hydrogen) atoms. The first-order chi connectivity index (χ1) is 9.54. The number of rotatable bonds is 5. The van der Waals surface area contributed by atoms with E-state index < -0.39 is 0 Å². The normalized spacial score (nSPS) is 10.8. The van der Waals surface area contributed by atoms with E-state index in [0.717, 1.165) is 16.3 Å². The Hall–Kier alpha value is -1.68. The fourth-order valence-electron chi connectivity index (χ4n) is 1.80. The molecule has 0 saturated carbocycles. The summed E-state index contributed by atoms with van der Waals surface area (Å²) in [5.74, 6) is 0.440. The second kappa shape index (κ2) is 6.66. The molecule has 1 amide bonds. The van der Waals surface area contributed by atoms with Gasteiger partial charge in [-0.2, -0.15) is 0 Å². The van der Waals surface area contributed by atoms with Crippen molar-refractivity contribution in [2.24, 2.45) is 0 Å². The van der Waals surface area contributed by atoms with Crippen molar-refractivity contribution in [3.05, 3.63) is 51.5 Å². The molecule has 0 unspecified atom stereocenters. The smallest absolute Gasteiger partial charge is 0.226 e. The zero-order chi connectivity index (χ0) is 14.5. The van der Waals surface area contributed by atoms with E-state index in [4.69, 9.17) is 0 Å². The molecule has 0 fully saturated rings. The number of thiazole rings is 1. The van der Waals surface area contributed by atoms with E-state index in [2.05, 4.69) is 43.2 Å². The molecule has 4 heteroatoms. The second-order valence-electron chi connectivity index (χ2n) is 5.27. The summed E-state index contributed by atoms with van der Waals surface area (Å²) in [7, 11) is 0. The summed E-state index contributed by atoms with van der Waals surface area (Å²) >= 11 is 1.62. The van der Waals surface area contributed by atoms with Gasteiger partial charge < -0.3 is 5.32 Å². The molecule has 0 aliphatic heterocycles. The molecule has 3 nitrogen and oxygen atoms in total. The van der Waals surface area contributed by atoms with Crippen molar-refractivity contribution in [3.8, 4) is 0 Å². The van der Waals surface area contributed by atoms with Gasteiger partial charge in [0.1, 0.15) is 0 Å². The van der Waals surface area contributed by atoms with Crippen molar-refractivity contribution in [2.75, 3.05) is 0 Å². The maximum Gasteiger partial charge on any atom is 0.226 e. The van der Waals surface area contributed by atoms with Crippen molar-refractivity contribution < 1.29 is 4.79 Å². The molecule has 0 bridgehead atoms. The number of carbonyl (C=O) groups is 1. The van der Waals surface area contributed by atoms with Gasteiger partial charge in [0.15, 0.2) is 0 Å². The number of aryl methyl sites for hydroxylation is 1. The van der Waals surface area contributed by atoms with Crippen molar-refractivity contribution in [2.45, 2.75) is 39.7 Å². The average molecular weight is 288 g/mol. The summed E-state index contributed by atoms with van der Waals surface area (Å²) < 4.78 is 0. The van der Waals surface area contributed by atoms with Gasteiger partial charge in [-0.25, -0.2) is 4.98 Å². The van der Waals surface area contributed by atoms with E-state index >= 15 is 0 Å². The van der Waals surface area contributed by atoms with E-state index in [1.54, 1.807) is 11.3 Å². The van der Waals surface area contributed by atoms with Crippen LogP contribution in [-0.4, -0.2) is 10.9 Å². The third-order valence-corrected chi connectivity index (χ3v) is 4.21. The highest BCUT2D eigenvalue weighted by molar-refractivity contribution is 7.09. The van der Waals surface area contributed by atoms with Crippen LogP contribution in [0.2, 0.25) is 0 Å². The minimum Gasteiger partial charge on any atom is -0.352 e. The van der Waals surface area contributed by atoms with Crippen LogP contribution in [0.1, 0.15) is 41.6 Å². The number of nitrogens with zero attached hydrogens (tertiary/aromatic N) is 1. The van der Waals surface area contributed by atoms with Gasteiger partial charge in [-0.05, 0) is 12.5 Å². The van der Waals surface area contributed by atoms with E-state index in [0.29, 0.717) is 18.9 Å². The average Bonchev–Trinajstić information content (AvgIpc) is 2.87. The first kappa shape index (κ1) is 14.7. The number of carbonyl (C=O) groups excluding carboxylic acids is 1. The van der Waals surface area contributed by atoms with E-state index in [-0.39, 0.29) is 5.91 Å². The number of hydrogen-bond donors (Lipinski definition) is 1. The molecular formula is C16H20N2OS. The number of amides is 1. The van der Waals surface area contributed by atoms with Crippen molar-refractivity contribution >= 4 is 17.2 Å². The molecule has 0 saturated heterocycles. The summed E-state index contributed by atoms with van der Waals surface area (Å²) in [6.45, 7) is 6.84. The van der Waals surface area contributed by atoms with E-state index in [9.17, 15) is 4.79 Å². The van der Waals surface area contributed by atoms with Crippen LogP contribution in [-0.2, 0) is 17.8 Å². The zero-order valence-corrected chi connectivity index (χ0v) is 13.0. The monoisotopic (exact) mass is 288 g/mol. The molecule has 2 aromatic rings. The molecule has 2 rings (SSSR count). The maximum atomic E-state index is 11.9. The fourth-order valence-corrected chi connectivity index (χ4v) is 2.64. The molecule has 0 radical (unpaired) electrons. The van der Waals surface area contributed by atoms with Crippen LogP contribution >= 0.6 is 11.3 Å². The summed E-state index contributed by atoms with van der Waals surface area (Å²) in [6.07, 6.45) is 0.356. The van der Waals surface area contributed by atoms with Gasteiger partial charge in [-0.15, -0.1) is 11.3 Å². The maximum absolute atomic E-state index is 11.9. The summed E-state index contributed by atoms with van der Waals surface area (Å²) in [5.41, 5.74) is 3.20. The zero-order valence-electron chi connectivity index (χ0n) is 12.1. The number of aromatic nitrogens is 1. The SMILES string of the molecule is Cc1ccc(CNC(=O)Cc2csc(C(C)C)n2)cc1. The van der Waals surface area contributed by atoms with Crippen LogP contribution in [0.25, 0.3) is 0 Å². The Kier molecular flexibility index (Phi) is 4.90. The number of benzene rings is 1. The third-order valence-electron chi connectivity index (χ3n) is 3.02. The molecule has 0 aliphatic rings. The van der Waals surface area contributed by atoms with E-state index in [1.165, 1.54) is 5.56 Å². The Morgan fingerprint density at radius 2 is 2.00 bits per heavy atom. The summed E-state index contributed by atoms with van der Waals surface area (Å²) in [6, 6.07) is 8.18. The van der Waals surface area contributed by atoms with Gasteiger partial charge in [0.05, 0.1) is 17.1 Å². The van der Waals surface area contributed by atoms with Gasteiger partial charge in [-0.1, -0.05) is 43.7 Å². The molecule has 1 N–H and O–H groups in total. The van der Waals surface area contributed by atoms with Crippen LogP contribution in [0.3, 0.4) is 0 Å². The third kappa shape index (κ3) is 4.17. The van der Waals surface area contributed by atoms with E-state index in [1.807, 2.05) is 17.5 Å². The highest BCUT2D eigenvalue weighted by Crippen LogP contribution is 2.19. The molecule has 0 atom stereocenters. The molecule has 0 spiro atoms. The lowest BCUT2D eigenvalue weighted by Gasteiger charge is -2.04. The Labute approximate surface area is 124 Å². The van der Waals surface area contributed by atoms with Crippen LogP contribution < -0.4 is 5.32 Å². The minimum absolute atomic E-state index is 0.0196. The quantitative estimate of drug-likeness (QED) is 0.916. The molecule has 1 heterocycles. The van der Waals surface area contributed by atoms with Gasteiger partial charge in [0.2, 0.25) is 5.91 Å². The lowest BCUT2D eigenvalue weighted by molar-refractivity contribution is -0.120. The molecular weight excluding hydrogens is 268 g/mol. The van der Waals surface area contributed by atoms with Gasteiger partial charge in [-0.3, -0.25) is 4.79 Å². The lowest BCUT2D eigenvalue weighted by Crippen LogP contribution is -2.24. The number of hydrogen-bond acceptors (Lipinski definition) is 3. The first-order valence-electron chi connectivity index (χ1n) is 6.81. The van der Waals surface area contributed by atoms with Gasteiger partial charge >= 0.3 is 0 Å². The molecule has 106 valence electrons. The van der Waals surface area contributed by atoms with Crippen LogP contribution in [0.15, 0.2) is 29.6 Å². The van der Waals surface area contributed by atoms with Crippen LogP contribution in [0.5, 0.6) is 0 Å². The minimum atomic E-state index is 0.0196. The Morgan fingerprint density at radius 3 is 2.60 bits per heavy atom.